The molecule has 0 radical (unpaired) electrons. The monoisotopic (exact) mass is 294 g/mol. The van der Waals surface area contributed by atoms with E-state index in [4.69, 9.17) is 0 Å². The van der Waals surface area contributed by atoms with Gasteiger partial charge in [-0.1, -0.05) is 24.3 Å². The van der Waals surface area contributed by atoms with Crippen LogP contribution in [0.25, 0.3) is 5.65 Å². The zero-order chi connectivity index (χ0) is 15.5. The van der Waals surface area contributed by atoms with Crippen molar-refractivity contribution in [1.29, 1.82) is 0 Å². The second-order valence-corrected chi connectivity index (χ2v) is 4.74. The summed E-state index contributed by atoms with van der Waals surface area (Å²) in [6.45, 7) is 0. The number of aromatic nitrogens is 2. The van der Waals surface area contributed by atoms with Crippen LogP contribution in [-0.2, 0) is 0 Å². The van der Waals surface area contributed by atoms with E-state index in [1.54, 1.807) is 36.5 Å². The third-order valence-electron chi connectivity index (χ3n) is 3.27. The molecule has 0 bridgehead atoms. The Morgan fingerprint density at radius 2 is 1.86 bits per heavy atom. The van der Waals surface area contributed by atoms with E-state index >= 15 is 0 Å². The number of para-hydroxylation sites is 1. The van der Waals surface area contributed by atoms with Crippen molar-refractivity contribution in [2.24, 2.45) is 0 Å². The summed E-state index contributed by atoms with van der Waals surface area (Å²) in [6, 6.07) is 14.5. The number of amides is 1. The summed E-state index contributed by atoms with van der Waals surface area (Å²) in [5, 5.41) is 1.56. The van der Waals surface area contributed by atoms with E-state index in [0.717, 1.165) is 5.69 Å². The molecule has 0 aliphatic rings. The maximum absolute atomic E-state index is 12.3. The van der Waals surface area contributed by atoms with Crippen LogP contribution in [0, 0.1) is 0 Å². The van der Waals surface area contributed by atoms with Crippen molar-refractivity contribution in [3.05, 3.63) is 76.8 Å². The lowest BCUT2D eigenvalue weighted by Gasteiger charge is -2.19. The van der Waals surface area contributed by atoms with Gasteiger partial charge in [0.05, 0.1) is 5.69 Å². The molecule has 0 aliphatic carbocycles. The van der Waals surface area contributed by atoms with Gasteiger partial charge in [-0.15, -0.1) is 0 Å². The third kappa shape index (κ3) is 2.54. The average Bonchev–Trinajstić information content (AvgIpc) is 2.56. The van der Waals surface area contributed by atoms with Crippen molar-refractivity contribution >= 4 is 17.2 Å². The Morgan fingerprint density at radius 3 is 2.64 bits per heavy atom. The van der Waals surface area contributed by atoms with E-state index in [2.05, 4.69) is 10.4 Å². The molecule has 2 heterocycles. The Labute approximate surface area is 126 Å². The maximum atomic E-state index is 12.3. The molecule has 0 saturated heterocycles. The van der Waals surface area contributed by atoms with Crippen molar-refractivity contribution in [1.82, 2.24) is 14.8 Å². The minimum atomic E-state index is -0.498. The van der Waals surface area contributed by atoms with Gasteiger partial charge in [-0.05, 0) is 24.3 Å². The minimum Gasteiger partial charge on any atom is -0.288 e. The van der Waals surface area contributed by atoms with Crippen LogP contribution in [0.2, 0.25) is 0 Å². The molecule has 0 spiro atoms. The van der Waals surface area contributed by atoms with Gasteiger partial charge in [-0.3, -0.25) is 24.4 Å². The Balaban J connectivity index is 1.90. The van der Waals surface area contributed by atoms with Crippen LogP contribution in [0.5, 0.6) is 0 Å². The number of nitrogens with zero attached hydrogens (tertiary/aromatic N) is 3. The summed E-state index contributed by atoms with van der Waals surface area (Å²) in [5.74, 6) is -0.498. The molecule has 0 fully saturated rings. The largest absolute Gasteiger partial charge is 0.288 e. The van der Waals surface area contributed by atoms with Crippen LogP contribution in [0.4, 0.5) is 5.69 Å². The predicted molar refractivity (Wildman–Crippen MR) is 83.8 cm³/mol. The number of carbonyl (C=O) groups excluding carboxylic acids is 1. The Kier molecular flexibility index (Phi) is 3.57. The van der Waals surface area contributed by atoms with Gasteiger partial charge in [0.2, 0.25) is 0 Å². The van der Waals surface area contributed by atoms with Crippen LogP contribution >= 0.6 is 0 Å². The molecule has 0 saturated carbocycles. The molecule has 6 heteroatoms. The number of hydrazine groups is 1. The van der Waals surface area contributed by atoms with Crippen LogP contribution in [0.15, 0.2) is 65.7 Å². The van der Waals surface area contributed by atoms with Gasteiger partial charge in [0, 0.05) is 19.4 Å². The van der Waals surface area contributed by atoms with E-state index in [9.17, 15) is 9.59 Å². The fraction of sp³-hybridized carbons (Fsp3) is 0.0625. The summed E-state index contributed by atoms with van der Waals surface area (Å²) in [6.07, 6.45) is 2.88. The molecule has 0 unspecified atom stereocenters. The van der Waals surface area contributed by atoms with Crippen molar-refractivity contribution in [3.8, 4) is 0 Å². The molecule has 6 nitrogen and oxygen atoms in total. The minimum absolute atomic E-state index is 0.00789. The van der Waals surface area contributed by atoms with E-state index in [1.165, 1.54) is 10.6 Å². The van der Waals surface area contributed by atoms with Gasteiger partial charge < -0.3 is 0 Å². The van der Waals surface area contributed by atoms with Crippen molar-refractivity contribution in [2.75, 3.05) is 12.1 Å². The van der Waals surface area contributed by atoms with E-state index < -0.39 is 11.5 Å². The first-order valence-corrected chi connectivity index (χ1v) is 6.73. The lowest BCUT2D eigenvalue weighted by molar-refractivity contribution is 0.0949. The lowest BCUT2D eigenvalue weighted by atomic mass is 10.3. The predicted octanol–water partition coefficient (Wildman–Crippen LogP) is 1.48. The topological polar surface area (TPSA) is 66.7 Å². The number of nitrogens with one attached hydrogen (secondary N) is 1. The standard InChI is InChI=1S/C16H14N4O2/c1-19(12-7-3-2-4-8-12)18-15(21)13-11-17-14-9-5-6-10-20(14)16(13)22/h2-11H,1H3,(H,18,21). The number of carbonyl (C=O) groups is 1. The highest BCUT2D eigenvalue weighted by Gasteiger charge is 2.14. The van der Waals surface area contributed by atoms with Crippen molar-refractivity contribution in [3.63, 3.8) is 0 Å². The summed E-state index contributed by atoms with van der Waals surface area (Å²) in [4.78, 5) is 28.7. The molecule has 1 aromatic carbocycles. The summed E-state index contributed by atoms with van der Waals surface area (Å²) in [7, 11) is 1.71. The second kappa shape index (κ2) is 5.69. The number of anilines is 1. The number of hydrogen-bond donors (Lipinski definition) is 1. The number of hydrogen-bond acceptors (Lipinski definition) is 4. The van der Waals surface area contributed by atoms with Crippen molar-refractivity contribution in [2.45, 2.75) is 0 Å². The molecule has 22 heavy (non-hydrogen) atoms. The van der Waals surface area contributed by atoms with E-state index in [1.807, 2.05) is 30.3 Å². The van der Waals surface area contributed by atoms with Crippen LogP contribution in [-0.4, -0.2) is 22.3 Å². The number of benzene rings is 1. The zero-order valence-electron chi connectivity index (χ0n) is 11.9. The molecule has 110 valence electrons. The number of rotatable bonds is 3. The lowest BCUT2D eigenvalue weighted by Crippen LogP contribution is -2.42. The van der Waals surface area contributed by atoms with Crippen molar-refractivity contribution < 1.29 is 4.79 Å². The zero-order valence-corrected chi connectivity index (χ0v) is 11.9. The molecule has 2 aromatic heterocycles. The molecular formula is C16H14N4O2. The number of fused-ring (bicyclic) bond motifs is 1. The highest BCUT2D eigenvalue weighted by Crippen LogP contribution is 2.08. The first-order chi connectivity index (χ1) is 10.7. The fourth-order valence-corrected chi connectivity index (χ4v) is 2.11. The first kappa shape index (κ1) is 13.8. The third-order valence-corrected chi connectivity index (χ3v) is 3.27. The Bertz CT molecular complexity index is 874. The van der Waals surface area contributed by atoms with Crippen LogP contribution in [0.3, 0.4) is 0 Å². The summed E-state index contributed by atoms with van der Waals surface area (Å²) < 4.78 is 1.34. The van der Waals surface area contributed by atoms with Gasteiger partial charge in [-0.2, -0.15) is 0 Å². The summed E-state index contributed by atoms with van der Waals surface area (Å²) in [5.41, 5.74) is 3.56. The first-order valence-electron chi connectivity index (χ1n) is 6.73. The molecule has 0 aliphatic heterocycles. The van der Waals surface area contributed by atoms with E-state index in [-0.39, 0.29) is 5.56 Å². The van der Waals surface area contributed by atoms with Gasteiger partial charge in [-0.25, -0.2) is 4.98 Å². The molecule has 3 aromatic rings. The smallest absolute Gasteiger partial charge is 0.276 e. The molecule has 1 amide bonds. The van der Waals surface area contributed by atoms with Gasteiger partial charge in [0.25, 0.3) is 11.5 Å². The summed E-state index contributed by atoms with van der Waals surface area (Å²) >= 11 is 0. The molecule has 1 N–H and O–H groups in total. The van der Waals surface area contributed by atoms with Gasteiger partial charge in [0.1, 0.15) is 11.2 Å². The highest BCUT2D eigenvalue weighted by molar-refractivity contribution is 5.94. The van der Waals surface area contributed by atoms with Crippen LogP contribution in [0.1, 0.15) is 10.4 Å². The van der Waals surface area contributed by atoms with Gasteiger partial charge in [0.15, 0.2) is 0 Å². The molecule has 3 rings (SSSR count). The van der Waals surface area contributed by atoms with Crippen LogP contribution < -0.4 is 16.0 Å². The SMILES string of the molecule is CN(NC(=O)c1cnc2ccccn2c1=O)c1ccccc1. The van der Waals surface area contributed by atoms with Gasteiger partial charge >= 0.3 is 0 Å². The highest BCUT2D eigenvalue weighted by atomic mass is 16.2. The Morgan fingerprint density at radius 1 is 1.14 bits per heavy atom. The van der Waals surface area contributed by atoms with E-state index in [0.29, 0.717) is 5.65 Å². The quantitative estimate of drug-likeness (QED) is 0.743. The number of pyridine rings is 1. The Hall–Kier alpha value is -3.15. The average molecular weight is 294 g/mol. The fourth-order valence-electron chi connectivity index (χ4n) is 2.11. The maximum Gasteiger partial charge on any atom is 0.276 e. The molecular weight excluding hydrogens is 280 g/mol. The molecule has 0 atom stereocenters. The second-order valence-electron chi connectivity index (χ2n) is 4.74. The normalized spacial score (nSPS) is 10.4.